The summed E-state index contributed by atoms with van der Waals surface area (Å²) in [4.78, 5) is 0. The largest absolute Gasteiger partial charge is 0.484 e. The van der Waals surface area contributed by atoms with Gasteiger partial charge in [-0.05, 0) is 71.7 Å². The first-order valence-electron chi connectivity index (χ1n) is 13.8. The van der Waals surface area contributed by atoms with Crippen LogP contribution >= 0.6 is 0 Å². The number of alkyl halides is 3. The lowest BCUT2D eigenvalue weighted by Gasteiger charge is -2.28. The Morgan fingerprint density at radius 1 is 0.784 bits per heavy atom. The molecule has 4 rings (SSSR count). The molecule has 0 spiro atoms. The fraction of sp³-hybridized carbons (Fsp3) is 0.500. The lowest BCUT2D eigenvalue weighted by Crippen LogP contribution is -2.19. The highest BCUT2D eigenvalue weighted by atomic mass is 19.4. The number of hydrogen-bond acceptors (Lipinski definition) is 1. The van der Waals surface area contributed by atoms with Gasteiger partial charge in [0.1, 0.15) is 11.6 Å². The van der Waals surface area contributed by atoms with Crippen molar-refractivity contribution in [3.63, 3.8) is 0 Å². The lowest BCUT2D eigenvalue weighted by molar-refractivity contribution is -0.153. The number of hydrogen-bond donors (Lipinski definition) is 0. The van der Waals surface area contributed by atoms with Crippen LogP contribution in [0, 0.1) is 17.7 Å². The van der Waals surface area contributed by atoms with E-state index in [1.165, 1.54) is 69.1 Å². The summed E-state index contributed by atoms with van der Waals surface area (Å²) < 4.78 is 56.9. The molecule has 0 radical (unpaired) electrons. The molecule has 0 saturated heterocycles. The molecule has 0 amide bonds. The van der Waals surface area contributed by atoms with Gasteiger partial charge in [-0.3, -0.25) is 0 Å². The normalized spacial score (nSPS) is 18.3. The zero-order valence-corrected chi connectivity index (χ0v) is 21.8. The average Bonchev–Trinajstić information content (AvgIpc) is 2.90. The minimum absolute atomic E-state index is 0.174. The van der Waals surface area contributed by atoms with Gasteiger partial charge in [-0.25, -0.2) is 4.39 Å². The van der Waals surface area contributed by atoms with Gasteiger partial charge in [0.05, 0.1) is 0 Å². The molecule has 0 atom stereocenters. The number of halogens is 4. The first-order chi connectivity index (χ1) is 17.8. The van der Waals surface area contributed by atoms with Gasteiger partial charge in [0.2, 0.25) is 0 Å². The van der Waals surface area contributed by atoms with Crippen LogP contribution < -0.4 is 4.74 Å². The van der Waals surface area contributed by atoms with Gasteiger partial charge in [-0.2, -0.15) is 13.2 Å². The van der Waals surface area contributed by atoms with Crippen molar-refractivity contribution in [2.75, 3.05) is 6.61 Å². The van der Waals surface area contributed by atoms with E-state index in [0.717, 1.165) is 29.2 Å². The zero-order chi connectivity index (χ0) is 26.3. The van der Waals surface area contributed by atoms with E-state index in [2.05, 4.69) is 19.1 Å². The zero-order valence-electron chi connectivity index (χ0n) is 21.8. The Hall–Kier alpha value is -2.56. The summed E-state index contributed by atoms with van der Waals surface area (Å²) in [5, 5.41) is 1.58. The lowest BCUT2D eigenvalue weighted by atomic mass is 9.78. The van der Waals surface area contributed by atoms with E-state index in [9.17, 15) is 13.2 Å². The Labute approximate surface area is 218 Å². The third kappa shape index (κ3) is 8.21. The Balaban J connectivity index is 1.29. The molecule has 3 aromatic carbocycles. The maximum absolute atomic E-state index is 15.3. The molecule has 1 nitrogen and oxygen atoms in total. The van der Waals surface area contributed by atoms with Gasteiger partial charge in [-0.15, -0.1) is 0 Å². The van der Waals surface area contributed by atoms with Gasteiger partial charge in [0.15, 0.2) is 6.61 Å². The summed E-state index contributed by atoms with van der Waals surface area (Å²) in [5.74, 6) is 1.75. The first-order valence-corrected chi connectivity index (χ1v) is 13.8. The van der Waals surface area contributed by atoms with Crippen LogP contribution in [0.2, 0.25) is 0 Å². The SMILES string of the molecule is CCCCC1CCC(CCc2ccc3c(F)c(CCc4ccc(OCC(F)(F)F)cc4)ccc3c2)CC1. The van der Waals surface area contributed by atoms with Crippen molar-refractivity contribution >= 4 is 10.8 Å². The molecule has 0 bridgehead atoms. The molecular weight excluding hydrogens is 476 g/mol. The van der Waals surface area contributed by atoms with Gasteiger partial charge < -0.3 is 4.74 Å². The Kier molecular flexibility index (Phi) is 9.50. The number of ether oxygens (including phenoxy) is 1. The van der Waals surface area contributed by atoms with Crippen LogP contribution in [-0.4, -0.2) is 12.8 Å². The number of benzene rings is 3. The fourth-order valence-electron chi connectivity index (χ4n) is 5.60. The topological polar surface area (TPSA) is 9.23 Å². The molecule has 0 unspecified atom stereocenters. The molecule has 37 heavy (non-hydrogen) atoms. The second-order valence-electron chi connectivity index (χ2n) is 10.7. The molecule has 3 aromatic rings. The van der Waals surface area contributed by atoms with Gasteiger partial charge in [-0.1, -0.05) is 94.3 Å². The Morgan fingerprint density at radius 2 is 1.46 bits per heavy atom. The van der Waals surface area contributed by atoms with Crippen LogP contribution in [0.4, 0.5) is 17.6 Å². The molecule has 0 heterocycles. The van der Waals surface area contributed by atoms with E-state index < -0.39 is 12.8 Å². The highest BCUT2D eigenvalue weighted by Gasteiger charge is 2.28. The number of unbranched alkanes of at least 4 members (excludes halogenated alkanes) is 1. The molecule has 0 aromatic heterocycles. The summed E-state index contributed by atoms with van der Waals surface area (Å²) in [5.41, 5.74) is 2.85. The summed E-state index contributed by atoms with van der Waals surface area (Å²) in [6, 6.07) is 16.5. The molecule has 1 aliphatic carbocycles. The van der Waals surface area contributed by atoms with Crippen LogP contribution in [-0.2, 0) is 19.3 Å². The second-order valence-corrected chi connectivity index (χ2v) is 10.7. The van der Waals surface area contributed by atoms with Crippen molar-refractivity contribution < 1.29 is 22.3 Å². The van der Waals surface area contributed by atoms with Crippen molar-refractivity contribution in [2.45, 2.75) is 83.7 Å². The van der Waals surface area contributed by atoms with Gasteiger partial charge >= 0.3 is 6.18 Å². The molecule has 5 heteroatoms. The number of fused-ring (bicyclic) bond motifs is 1. The van der Waals surface area contributed by atoms with E-state index >= 15 is 4.39 Å². The van der Waals surface area contributed by atoms with Crippen molar-refractivity contribution in [1.82, 2.24) is 0 Å². The summed E-state index contributed by atoms with van der Waals surface area (Å²) >= 11 is 0. The molecular formula is C32H38F4O. The van der Waals surface area contributed by atoms with E-state index in [1.807, 2.05) is 18.2 Å². The van der Waals surface area contributed by atoms with Crippen molar-refractivity contribution in [2.24, 2.45) is 11.8 Å². The standard InChI is InChI=1S/C32H38F4O/c1-2-3-4-23-5-7-24(8-6-23)9-10-26-14-20-30-28(21-26)17-16-27(31(30)33)15-11-25-12-18-29(19-13-25)37-22-32(34,35)36/h12-14,16-21,23-24H,2-11,15,22H2,1H3. The molecule has 1 saturated carbocycles. The van der Waals surface area contributed by atoms with Gasteiger partial charge in [0.25, 0.3) is 0 Å². The Bertz CT molecular complexity index is 1130. The third-order valence-electron chi connectivity index (χ3n) is 7.88. The highest BCUT2D eigenvalue weighted by Crippen LogP contribution is 2.34. The second kappa shape index (κ2) is 12.8. The van der Waals surface area contributed by atoms with Crippen molar-refractivity contribution in [1.29, 1.82) is 0 Å². The summed E-state index contributed by atoms with van der Waals surface area (Å²) in [6.07, 6.45) is 8.54. The maximum atomic E-state index is 15.3. The monoisotopic (exact) mass is 514 g/mol. The highest BCUT2D eigenvalue weighted by molar-refractivity contribution is 5.84. The summed E-state index contributed by atoms with van der Waals surface area (Å²) in [7, 11) is 0. The van der Waals surface area contributed by atoms with Crippen LogP contribution in [0.25, 0.3) is 10.8 Å². The maximum Gasteiger partial charge on any atom is 0.422 e. The minimum Gasteiger partial charge on any atom is -0.484 e. The minimum atomic E-state index is -4.36. The van der Waals surface area contributed by atoms with Crippen LogP contribution in [0.15, 0.2) is 54.6 Å². The van der Waals surface area contributed by atoms with Crippen LogP contribution in [0.3, 0.4) is 0 Å². The first kappa shape index (κ1) is 27.5. The van der Waals surface area contributed by atoms with Crippen LogP contribution in [0.1, 0.15) is 75.0 Å². The van der Waals surface area contributed by atoms with Gasteiger partial charge in [0, 0.05) is 5.39 Å². The quantitative estimate of drug-likeness (QED) is 0.231. The molecule has 200 valence electrons. The molecule has 0 N–H and O–H groups in total. The average molecular weight is 515 g/mol. The van der Waals surface area contributed by atoms with E-state index in [1.54, 1.807) is 12.1 Å². The third-order valence-corrected chi connectivity index (χ3v) is 7.88. The van der Waals surface area contributed by atoms with E-state index in [-0.39, 0.29) is 11.6 Å². The van der Waals surface area contributed by atoms with E-state index in [0.29, 0.717) is 23.8 Å². The smallest absolute Gasteiger partial charge is 0.422 e. The predicted molar refractivity (Wildman–Crippen MR) is 143 cm³/mol. The van der Waals surface area contributed by atoms with Crippen LogP contribution in [0.5, 0.6) is 5.75 Å². The predicted octanol–water partition coefficient (Wildman–Crippen LogP) is 9.63. The summed E-state index contributed by atoms with van der Waals surface area (Å²) in [6.45, 7) is 0.962. The number of aryl methyl sites for hydroxylation is 3. The molecule has 1 aliphatic rings. The fourth-order valence-corrected chi connectivity index (χ4v) is 5.60. The van der Waals surface area contributed by atoms with Crippen molar-refractivity contribution in [3.8, 4) is 5.75 Å². The molecule has 0 aliphatic heterocycles. The number of rotatable bonds is 11. The van der Waals surface area contributed by atoms with E-state index in [4.69, 9.17) is 4.74 Å². The molecule has 1 fully saturated rings. The Morgan fingerprint density at radius 3 is 2.14 bits per heavy atom. The van der Waals surface area contributed by atoms with Crippen molar-refractivity contribution in [3.05, 3.63) is 77.1 Å².